The highest BCUT2D eigenvalue weighted by atomic mass is 16.5. The molecule has 0 aliphatic carbocycles. The molecule has 25 heavy (non-hydrogen) atoms. The maximum atomic E-state index is 5.82. The van der Waals surface area contributed by atoms with Gasteiger partial charge in [0.05, 0.1) is 31.9 Å². The standard InChI is InChI=1S/C20H21N3O2/c1-24-19-5-3-2-4-17(19)20-22-10-11-23(20)18-14-25-13-16(18)12-15-6-8-21-9-7-15/h2-11,16,18H,12-14H2,1H3/t16-,18+/m0/s1. The van der Waals surface area contributed by atoms with E-state index in [9.17, 15) is 0 Å². The normalized spacial score (nSPS) is 19.9. The molecule has 0 unspecified atom stereocenters. The van der Waals surface area contributed by atoms with Crippen LogP contribution < -0.4 is 4.74 Å². The molecule has 0 radical (unpaired) electrons. The van der Waals surface area contributed by atoms with Crippen molar-refractivity contribution < 1.29 is 9.47 Å². The van der Waals surface area contributed by atoms with Crippen molar-refractivity contribution in [2.75, 3.05) is 20.3 Å². The van der Waals surface area contributed by atoms with Gasteiger partial charge < -0.3 is 14.0 Å². The van der Waals surface area contributed by atoms with E-state index in [1.54, 1.807) is 7.11 Å². The zero-order valence-corrected chi connectivity index (χ0v) is 14.2. The van der Waals surface area contributed by atoms with Gasteiger partial charge in [-0.1, -0.05) is 12.1 Å². The highest BCUT2D eigenvalue weighted by Gasteiger charge is 2.31. The Hall–Kier alpha value is -2.66. The van der Waals surface area contributed by atoms with Gasteiger partial charge in [0.15, 0.2) is 0 Å². The second-order valence-corrected chi connectivity index (χ2v) is 6.28. The number of pyridine rings is 1. The summed E-state index contributed by atoms with van der Waals surface area (Å²) in [6.07, 6.45) is 8.55. The molecule has 128 valence electrons. The van der Waals surface area contributed by atoms with Crippen LogP contribution in [0.4, 0.5) is 0 Å². The highest BCUT2D eigenvalue weighted by Crippen LogP contribution is 2.35. The van der Waals surface area contributed by atoms with Gasteiger partial charge in [-0.3, -0.25) is 4.98 Å². The van der Waals surface area contributed by atoms with Crippen LogP contribution in [0.2, 0.25) is 0 Å². The summed E-state index contributed by atoms with van der Waals surface area (Å²) in [6, 6.07) is 12.4. The molecule has 1 saturated heterocycles. The molecule has 1 aromatic carbocycles. The number of benzene rings is 1. The van der Waals surface area contributed by atoms with Crippen LogP contribution in [0.15, 0.2) is 61.2 Å². The van der Waals surface area contributed by atoms with Crippen LogP contribution >= 0.6 is 0 Å². The van der Waals surface area contributed by atoms with Crippen molar-refractivity contribution in [1.82, 2.24) is 14.5 Å². The van der Waals surface area contributed by atoms with Gasteiger partial charge in [-0.15, -0.1) is 0 Å². The van der Waals surface area contributed by atoms with Gasteiger partial charge in [0.1, 0.15) is 11.6 Å². The van der Waals surface area contributed by atoms with Crippen LogP contribution in [0, 0.1) is 5.92 Å². The Bertz CT molecular complexity index is 832. The first-order chi connectivity index (χ1) is 12.4. The van der Waals surface area contributed by atoms with Crippen LogP contribution in [0.1, 0.15) is 11.6 Å². The van der Waals surface area contributed by atoms with Gasteiger partial charge in [0, 0.05) is 30.7 Å². The van der Waals surface area contributed by atoms with E-state index in [4.69, 9.17) is 9.47 Å². The Labute approximate surface area is 147 Å². The molecule has 2 aromatic heterocycles. The number of para-hydroxylation sites is 1. The van der Waals surface area contributed by atoms with Crippen molar-refractivity contribution in [2.24, 2.45) is 5.92 Å². The summed E-state index contributed by atoms with van der Waals surface area (Å²) >= 11 is 0. The fraction of sp³-hybridized carbons (Fsp3) is 0.300. The monoisotopic (exact) mass is 335 g/mol. The highest BCUT2D eigenvalue weighted by molar-refractivity contribution is 5.64. The minimum Gasteiger partial charge on any atom is -0.496 e. The summed E-state index contributed by atoms with van der Waals surface area (Å²) in [5.74, 6) is 2.16. The van der Waals surface area contributed by atoms with Crippen molar-refractivity contribution in [1.29, 1.82) is 0 Å². The minimum absolute atomic E-state index is 0.260. The third-order valence-corrected chi connectivity index (χ3v) is 4.79. The van der Waals surface area contributed by atoms with Crippen LogP contribution in [0.25, 0.3) is 11.4 Å². The van der Waals surface area contributed by atoms with E-state index in [1.165, 1.54) is 5.56 Å². The maximum Gasteiger partial charge on any atom is 0.143 e. The number of nitrogens with zero attached hydrogens (tertiary/aromatic N) is 3. The van der Waals surface area contributed by atoms with E-state index in [1.807, 2.05) is 49.1 Å². The average Bonchev–Trinajstić information content (AvgIpc) is 3.31. The molecule has 1 aliphatic rings. The quantitative estimate of drug-likeness (QED) is 0.717. The number of methoxy groups -OCH3 is 1. The molecule has 5 heteroatoms. The molecular formula is C20H21N3O2. The van der Waals surface area contributed by atoms with Gasteiger partial charge >= 0.3 is 0 Å². The predicted octanol–water partition coefficient (Wildman–Crippen LogP) is 3.38. The largest absolute Gasteiger partial charge is 0.496 e. The predicted molar refractivity (Wildman–Crippen MR) is 95.5 cm³/mol. The summed E-state index contributed by atoms with van der Waals surface area (Å²) in [5, 5.41) is 0. The average molecular weight is 335 g/mol. The van der Waals surface area contributed by atoms with Gasteiger partial charge in [0.25, 0.3) is 0 Å². The molecule has 1 aliphatic heterocycles. The Balaban J connectivity index is 1.65. The number of hydrogen-bond donors (Lipinski definition) is 0. The summed E-state index contributed by atoms with van der Waals surface area (Å²) in [7, 11) is 1.69. The van der Waals surface area contributed by atoms with Gasteiger partial charge in [-0.25, -0.2) is 4.98 Å². The topological polar surface area (TPSA) is 49.2 Å². The zero-order chi connectivity index (χ0) is 17.1. The summed E-state index contributed by atoms with van der Waals surface area (Å²) < 4.78 is 13.6. The molecular weight excluding hydrogens is 314 g/mol. The third kappa shape index (κ3) is 3.15. The fourth-order valence-corrected chi connectivity index (χ4v) is 3.53. The molecule has 0 amide bonds. The Morgan fingerprint density at radius 2 is 1.96 bits per heavy atom. The van der Waals surface area contributed by atoms with E-state index in [0.29, 0.717) is 12.5 Å². The number of rotatable bonds is 5. The number of imidazole rings is 1. The zero-order valence-electron chi connectivity index (χ0n) is 14.2. The number of hydrogen-bond acceptors (Lipinski definition) is 4. The van der Waals surface area contributed by atoms with Crippen LogP contribution in [0.3, 0.4) is 0 Å². The van der Waals surface area contributed by atoms with Gasteiger partial charge in [-0.2, -0.15) is 0 Å². The molecule has 0 saturated carbocycles. The van der Waals surface area contributed by atoms with Gasteiger partial charge in [-0.05, 0) is 36.2 Å². The lowest BCUT2D eigenvalue weighted by atomic mass is 9.95. The first kappa shape index (κ1) is 15.8. The number of ether oxygens (including phenoxy) is 2. The minimum atomic E-state index is 0.260. The summed E-state index contributed by atoms with van der Waals surface area (Å²) in [4.78, 5) is 8.70. The van der Waals surface area contributed by atoms with Crippen LogP contribution in [-0.4, -0.2) is 34.9 Å². The summed E-state index contributed by atoms with van der Waals surface area (Å²) in [6.45, 7) is 1.46. The molecule has 1 fully saturated rings. The second-order valence-electron chi connectivity index (χ2n) is 6.28. The lowest BCUT2D eigenvalue weighted by molar-refractivity contribution is 0.181. The van der Waals surface area contributed by atoms with E-state index >= 15 is 0 Å². The van der Waals surface area contributed by atoms with Crippen molar-refractivity contribution in [2.45, 2.75) is 12.5 Å². The fourth-order valence-electron chi connectivity index (χ4n) is 3.53. The third-order valence-electron chi connectivity index (χ3n) is 4.79. The molecule has 2 atom stereocenters. The van der Waals surface area contributed by atoms with Crippen molar-refractivity contribution in [3.8, 4) is 17.1 Å². The first-order valence-electron chi connectivity index (χ1n) is 8.49. The van der Waals surface area contributed by atoms with Crippen molar-refractivity contribution in [3.05, 3.63) is 66.7 Å². The van der Waals surface area contributed by atoms with Crippen LogP contribution in [0.5, 0.6) is 5.75 Å². The Morgan fingerprint density at radius 3 is 2.80 bits per heavy atom. The van der Waals surface area contributed by atoms with Crippen molar-refractivity contribution in [3.63, 3.8) is 0 Å². The van der Waals surface area contributed by atoms with E-state index < -0.39 is 0 Å². The van der Waals surface area contributed by atoms with Gasteiger partial charge in [0.2, 0.25) is 0 Å². The Morgan fingerprint density at radius 1 is 1.12 bits per heavy atom. The maximum absolute atomic E-state index is 5.82. The van der Waals surface area contributed by atoms with E-state index in [0.717, 1.165) is 30.2 Å². The molecule has 0 spiro atoms. The first-order valence-corrected chi connectivity index (χ1v) is 8.49. The molecule has 5 nitrogen and oxygen atoms in total. The SMILES string of the molecule is COc1ccccc1-c1nccn1[C@@H]1COC[C@@H]1Cc1ccncc1. The lowest BCUT2D eigenvalue weighted by Gasteiger charge is -2.22. The molecule has 3 aromatic rings. The van der Waals surface area contributed by atoms with Crippen molar-refractivity contribution >= 4 is 0 Å². The van der Waals surface area contributed by atoms with E-state index in [-0.39, 0.29) is 6.04 Å². The molecule has 4 rings (SSSR count). The lowest BCUT2D eigenvalue weighted by Crippen LogP contribution is -2.20. The summed E-state index contributed by atoms with van der Waals surface area (Å²) in [5.41, 5.74) is 2.29. The smallest absolute Gasteiger partial charge is 0.143 e. The molecule has 3 heterocycles. The van der Waals surface area contributed by atoms with E-state index in [2.05, 4.69) is 26.7 Å². The molecule has 0 bridgehead atoms. The Kier molecular flexibility index (Phi) is 4.48. The molecule has 0 N–H and O–H groups in total. The van der Waals surface area contributed by atoms with Crippen LogP contribution in [-0.2, 0) is 11.2 Å². The second kappa shape index (κ2) is 7.07. The number of aromatic nitrogens is 3.